The van der Waals surface area contributed by atoms with Gasteiger partial charge in [-0.25, -0.2) is 0 Å². The third-order valence-corrected chi connectivity index (χ3v) is 3.11. The average Bonchev–Trinajstić information content (AvgIpc) is 2.54. The first-order valence-electron chi connectivity index (χ1n) is 6.83. The third-order valence-electron chi connectivity index (χ3n) is 3.11. The van der Waals surface area contributed by atoms with E-state index >= 15 is 0 Å². The maximum atomic E-state index is 12.1. The Kier molecular flexibility index (Phi) is 7.43. The van der Waals surface area contributed by atoms with E-state index in [1.165, 1.54) is 0 Å². The Labute approximate surface area is 114 Å². The SMILES string of the molecule is CCC1NC(=O)CCN(CCCOCCOC)C1=O. The number of nitrogens with zero attached hydrogens (tertiary/aromatic N) is 1. The summed E-state index contributed by atoms with van der Waals surface area (Å²) < 4.78 is 10.2. The van der Waals surface area contributed by atoms with Crippen molar-refractivity contribution < 1.29 is 19.1 Å². The molecule has 1 fully saturated rings. The molecule has 1 rings (SSSR count). The van der Waals surface area contributed by atoms with Crippen LogP contribution in [0.3, 0.4) is 0 Å². The highest BCUT2D eigenvalue weighted by atomic mass is 16.5. The van der Waals surface area contributed by atoms with Gasteiger partial charge in [0.05, 0.1) is 13.2 Å². The summed E-state index contributed by atoms with van der Waals surface area (Å²) in [5.74, 6) is -0.0238. The number of ether oxygens (including phenoxy) is 2. The first-order valence-corrected chi connectivity index (χ1v) is 6.83. The average molecular weight is 272 g/mol. The molecule has 0 aromatic carbocycles. The monoisotopic (exact) mass is 272 g/mol. The van der Waals surface area contributed by atoms with E-state index in [4.69, 9.17) is 9.47 Å². The van der Waals surface area contributed by atoms with E-state index in [9.17, 15) is 9.59 Å². The summed E-state index contributed by atoms with van der Waals surface area (Å²) in [5, 5.41) is 2.75. The molecule has 1 heterocycles. The highest BCUT2D eigenvalue weighted by Crippen LogP contribution is 2.07. The van der Waals surface area contributed by atoms with Crippen LogP contribution in [0.15, 0.2) is 0 Å². The number of carbonyl (C=O) groups excluding carboxylic acids is 2. The smallest absolute Gasteiger partial charge is 0.245 e. The minimum atomic E-state index is -0.371. The summed E-state index contributed by atoms with van der Waals surface area (Å²) in [4.78, 5) is 25.4. The second-order valence-electron chi connectivity index (χ2n) is 4.56. The first kappa shape index (κ1) is 15.9. The number of amides is 2. The van der Waals surface area contributed by atoms with Gasteiger partial charge < -0.3 is 19.7 Å². The van der Waals surface area contributed by atoms with Gasteiger partial charge >= 0.3 is 0 Å². The number of rotatable bonds is 8. The van der Waals surface area contributed by atoms with Gasteiger partial charge in [-0.05, 0) is 12.8 Å². The molecule has 0 spiro atoms. The van der Waals surface area contributed by atoms with Gasteiger partial charge in [0.1, 0.15) is 6.04 Å². The Bertz CT molecular complexity index is 296. The van der Waals surface area contributed by atoms with E-state index in [0.29, 0.717) is 45.8 Å². The van der Waals surface area contributed by atoms with Gasteiger partial charge in [0, 0.05) is 33.2 Å². The molecule has 1 aliphatic rings. The lowest BCUT2D eigenvalue weighted by Gasteiger charge is -2.23. The van der Waals surface area contributed by atoms with Crippen LogP contribution in [-0.4, -0.2) is 62.8 Å². The van der Waals surface area contributed by atoms with Gasteiger partial charge in [0.2, 0.25) is 11.8 Å². The van der Waals surface area contributed by atoms with Crippen molar-refractivity contribution in [1.82, 2.24) is 10.2 Å². The number of nitrogens with one attached hydrogen (secondary N) is 1. The zero-order valence-corrected chi connectivity index (χ0v) is 11.8. The molecule has 0 radical (unpaired) electrons. The molecule has 1 unspecified atom stereocenters. The zero-order valence-electron chi connectivity index (χ0n) is 11.8. The normalized spacial score (nSPS) is 20.3. The molecule has 1 aliphatic heterocycles. The lowest BCUT2D eigenvalue weighted by molar-refractivity contribution is -0.133. The highest BCUT2D eigenvalue weighted by Gasteiger charge is 2.27. The molecule has 1 saturated heterocycles. The molecule has 19 heavy (non-hydrogen) atoms. The van der Waals surface area contributed by atoms with E-state index in [-0.39, 0.29) is 17.9 Å². The number of hydrogen-bond donors (Lipinski definition) is 1. The molecule has 0 aromatic heterocycles. The fourth-order valence-electron chi connectivity index (χ4n) is 2.00. The molecule has 2 amide bonds. The third kappa shape index (κ3) is 5.57. The van der Waals surface area contributed by atoms with Gasteiger partial charge in [-0.3, -0.25) is 9.59 Å². The molecule has 0 saturated carbocycles. The van der Waals surface area contributed by atoms with Gasteiger partial charge in [-0.15, -0.1) is 0 Å². The van der Waals surface area contributed by atoms with Crippen LogP contribution in [0, 0.1) is 0 Å². The lowest BCUT2D eigenvalue weighted by Crippen LogP contribution is -2.44. The van der Waals surface area contributed by atoms with Gasteiger partial charge in [-0.2, -0.15) is 0 Å². The largest absolute Gasteiger partial charge is 0.382 e. The predicted octanol–water partition coefficient (Wildman–Crippen LogP) is 0.167. The Hall–Kier alpha value is -1.14. The van der Waals surface area contributed by atoms with Crippen molar-refractivity contribution in [2.24, 2.45) is 0 Å². The molecule has 6 nitrogen and oxygen atoms in total. The van der Waals surface area contributed by atoms with Crippen LogP contribution in [0.25, 0.3) is 0 Å². The molecule has 0 bridgehead atoms. The highest BCUT2D eigenvalue weighted by molar-refractivity contribution is 5.89. The molecule has 6 heteroatoms. The minimum absolute atomic E-state index is 0.0187. The van der Waals surface area contributed by atoms with Gasteiger partial charge in [0.15, 0.2) is 0 Å². The summed E-state index contributed by atoms with van der Waals surface area (Å²) in [5.41, 5.74) is 0. The van der Waals surface area contributed by atoms with Gasteiger partial charge in [-0.1, -0.05) is 6.92 Å². The lowest BCUT2D eigenvalue weighted by atomic mass is 10.2. The maximum Gasteiger partial charge on any atom is 0.245 e. The summed E-state index contributed by atoms with van der Waals surface area (Å²) in [6.07, 6.45) is 1.79. The van der Waals surface area contributed by atoms with Gasteiger partial charge in [0.25, 0.3) is 0 Å². The fourth-order valence-corrected chi connectivity index (χ4v) is 2.00. The topological polar surface area (TPSA) is 67.9 Å². The maximum absolute atomic E-state index is 12.1. The van der Waals surface area contributed by atoms with Crippen LogP contribution in [0.5, 0.6) is 0 Å². The van der Waals surface area contributed by atoms with Crippen molar-refractivity contribution in [3.8, 4) is 0 Å². The quantitative estimate of drug-likeness (QED) is 0.639. The first-order chi connectivity index (χ1) is 9.19. The predicted molar refractivity (Wildman–Crippen MR) is 70.7 cm³/mol. The minimum Gasteiger partial charge on any atom is -0.382 e. The van der Waals surface area contributed by atoms with Crippen LogP contribution >= 0.6 is 0 Å². The van der Waals surface area contributed by atoms with E-state index < -0.39 is 0 Å². The van der Waals surface area contributed by atoms with Crippen molar-refractivity contribution in [1.29, 1.82) is 0 Å². The Morgan fingerprint density at radius 2 is 2.11 bits per heavy atom. The van der Waals surface area contributed by atoms with E-state index in [2.05, 4.69) is 5.32 Å². The Balaban J connectivity index is 2.30. The van der Waals surface area contributed by atoms with E-state index in [1.807, 2.05) is 6.92 Å². The van der Waals surface area contributed by atoms with Crippen LogP contribution in [0.4, 0.5) is 0 Å². The van der Waals surface area contributed by atoms with Crippen LogP contribution < -0.4 is 5.32 Å². The Morgan fingerprint density at radius 3 is 2.79 bits per heavy atom. The zero-order chi connectivity index (χ0) is 14.1. The second kappa shape index (κ2) is 8.87. The van der Waals surface area contributed by atoms with Crippen molar-refractivity contribution >= 4 is 11.8 Å². The summed E-state index contributed by atoms with van der Waals surface area (Å²) in [6, 6.07) is -0.371. The van der Waals surface area contributed by atoms with Crippen LogP contribution in [0.2, 0.25) is 0 Å². The Morgan fingerprint density at radius 1 is 1.32 bits per heavy atom. The molecule has 0 aromatic rings. The fraction of sp³-hybridized carbons (Fsp3) is 0.846. The number of carbonyl (C=O) groups is 2. The van der Waals surface area contributed by atoms with E-state index in [1.54, 1.807) is 12.0 Å². The van der Waals surface area contributed by atoms with Crippen LogP contribution in [0.1, 0.15) is 26.2 Å². The molecule has 110 valence electrons. The summed E-state index contributed by atoms with van der Waals surface area (Å²) in [7, 11) is 1.63. The molecular formula is C13H24N2O4. The molecule has 1 atom stereocenters. The number of methoxy groups -OCH3 is 1. The molecular weight excluding hydrogens is 248 g/mol. The van der Waals surface area contributed by atoms with E-state index in [0.717, 1.165) is 6.42 Å². The summed E-state index contributed by atoms with van der Waals surface area (Å²) >= 11 is 0. The van der Waals surface area contributed by atoms with Crippen molar-refractivity contribution in [3.05, 3.63) is 0 Å². The van der Waals surface area contributed by atoms with Crippen LogP contribution in [-0.2, 0) is 19.1 Å². The number of hydrogen-bond acceptors (Lipinski definition) is 4. The molecule has 0 aliphatic carbocycles. The van der Waals surface area contributed by atoms with Crippen molar-refractivity contribution in [3.63, 3.8) is 0 Å². The van der Waals surface area contributed by atoms with Crippen molar-refractivity contribution in [2.75, 3.05) is 40.0 Å². The second-order valence-corrected chi connectivity index (χ2v) is 4.56. The molecule has 1 N–H and O–H groups in total. The summed E-state index contributed by atoms with van der Waals surface area (Å²) in [6.45, 7) is 4.79. The standard InChI is InChI=1S/C13H24N2O4/c1-3-11-13(17)15(7-5-12(16)14-11)6-4-8-19-10-9-18-2/h11H,3-10H2,1-2H3,(H,14,16). The van der Waals surface area contributed by atoms with Crippen molar-refractivity contribution in [2.45, 2.75) is 32.2 Å².